The minimum absolute atomic E-state index is 0.0376. The van der Waals surface area contributed by atoms with Crippen LogP contribution < -0.4 is 10.1 Å². The second-order valence-corrected chi connectivity index (χ2v) is 4.99. The van der Waals surface area contributed by atoms with Crippen molar-refractivity contribution in [1.82, 2.24) is 5.32 Å². The van der Waals surface area contributed by atoms with Crippen molar-refractivity contribution in [3.05, 3.63) is 29.3 Å². The highest BCUT2D eigenvalue weighted by molar-refractivity contribution is 6.18. The Kier molecular flexibility index (Phi) is 5.48. The van der Waals surface area contributed by atoms with Crippen LogP contribution in [0.5, 0.6) is 5.75 Å². The number of hydrogen-bond acceptors (Lipinski definition) is 2. The van der Waals surface area contributed by atoms with Crippen molar-refractivity contribution in [2.45, 2.75) is 26.8 Å². The third kappa shape index (κ3) is 3.64. The van der Waals surface area contributed by atoms with Crippen LogP contribution in [0.15, 0.2) is 18.2 Å². The van der Waals surface area contributed by atoms with Gasteiger partial charge in [-0.2, -0.15) is 0 Å². The first-order valence-corrected chi connectivity index (χ1v) is 6.54. The van der Waals surface area contributed by atoms with Crippen LogP contribution in [0.3, 0.4) is 0 Å². The van der Waals surface area contributed by atoms with E-state index in [1.165, 1.54) is 0 Å². The second-order valence-electron chi connectivity index (χ2n) is 4.68. The van der Waals surface area contributed by atoms with Gasteiger partial charge in [0.1, 0.15) is 5.75 Å². The van der Waals surface area contributed by atoms with Gasteiger partial charge < -0.3 is 10.1 Å². The third-order valence-electron chi connectivity index (χ3n) is 2.89. The van der Waals surface area contributed by atoms with E-state index in [4.69, 9.17) is 16.3 Å². The molecular formula is C14H20ClNO2. The summed E-state index contributed by atoms with van der Waals surface area (Å²) in [6.07, 6.45) is 0. The summed E-state index contributed by atoms with van der Waals surface area (Å²) in [6, 6.07) is 5.50. The molecule has 0 saturated heterocycles. The number of nitrogens with one attached hydrogen (secondary N) is 1. The van der Waals surface area contributed by atoms with Crippen LogP contribution >= 0.6 is 11.6 Å². The van der Waals surface area contributed by atoms with Gasteiger partial charge >= 0.3 is 0 Å². The summed E-state index contributed by atoms with van der Waals surface area (Å²) in [5, 5.41) is 2.93. The largest absolute Gasteiger partial charge is 0.496 e. The maximum absolute atomic E-state index is 12.2. The fourth-order valence-corrected chi connectivity index (χ4v) is 2.06. The van der Waals surface area contributed by atoms with Crippen LogP contribution in [0.2, 0.25) is 0 Å². The van der Waals surface area contributed by atoms with Gasteiger partial charge in [0, 0.05) is 11.9 Å². The molecule has 0 aromatic heterocycles. The molecule has 0 fully saturated rings. The van der Waals surface area contributed by atoms with E-state index in [2.05, 4.69) is 5.32 Å². The molecule has 18 heavy (non-hydrogen) atoms. The van der Waals surface area contributed by atoms with E-state index < -0.39 is 0 Å². The number of methoxy groups -OCH3 is 1. The molecule has 0 bridgehead atoms. The third-order valence-corrected chi connectivity index (χ3v) is 3.22. The Morgan fingerprint density at radius 2 is 2.11 bits per heavy atom. The molecule has 0 aliphatic heterocycles. The van der Waals surface area contributed by atoms with Crippen molar-refractivity contribution >= 4 is 17.5 Å². The normalized spacial score (nSPS) is 12.3. The van der Waals surface area contributed by atoms with Crippen molar-refractivity contribution in [3.8, 4) is 5.75 Å². The lowest BCUT2D eigenvalue weighted by molar-refractivity contribution is 0.0928. The molecule has 3 nitrogen and oxygen atoms in total. The zero-order valence-corrected chi connectivity index (χ0v) is 12.0. The van der Waals surface area contributed by atoms with Gasteiger partial charge in [0.15, 0.2) is 0 Å². The summed E-state index contributed by atoms with van der Waals surface area (Å²) in [7, 11) is 1.56. The van der Waals surface area contributed by atoms with E-state index in [1.807, 2.05) is 32.9 Å². The number of hydrogen-bond donors (Lipinski definition) is 1. The molecule has 1 atom stereocenters. The molecule has 0 heterocycles. The highest BCUT2D eigenvalue weighted by Gasteiger charge is 2.18. The number of alkyl halides is 1. The van der Waals surface area contributed by atoms with E-state index in [0.29, 0.717) is 23.1 Å². The van der Waals surface area contributed by atoms with Crippen LogP contribution in [-0.2, 0) is 0 Å². The minimum Gasteiger partial charge on any atom is -0.496 e. The summed E-state index contributed by atoms with van der Waals surface area (Å²) in [4.78, 5) is 12.2. The van der Waals surface area contributed by atoms with Crippen molar-refractivity contribution in [1.29, 1.82) is 0 Å². The average molecular weight is 270 g/mol. The first kappa shape index (κ1) is 14.8. The molecule has 0 saturated carbocycles. The number of amides is 1. The monoisotopic (exact) mass is 269 g/mol. The summed E-state index contributed by atoms with van der Waals surface area (Å²) >= 11 is 5.85. The lowest BCUT2D eigenvalue weighted by Gasteiger charge is -2.20. The topological polar surface area (TPSA) is 38.3 Å². The molecule has 1 unspecified atom stereocenters. The van der Waals surface area contributed by atoms with Gasteiger partial charge in [-0.05, 0) is 25.0 Å². The predicted octanol–water partition coefficient (Wildman–Crippen LogP) is 3.00. The average Bonchev–Trinajstić information content (AvgIpc) is 2.35. The van der Waals surface area contributed by atoms with Crippen molar-refractivity contribution in [2.75, 3.05) is 13.0 Å². The van der Waals surface area contributed by atoms with Crippen molar-refractivity contribution in [2.24, 2.45) is 5.92 Å². The fourth-order valence-electron chi connectivity index (χ4n) is 1.63. The van der Waals surface area contributed by atoms with E-state index in [1.54, 1.807) is 13.2 Å². The molecule has 100 valence electrons. The lowest BCUT2D eigenvalue weighted by Crippen LogP contribution is -2.40. The van der Waals surface area contributed by atoms with Gasteiger partial charge in [0.05, 0.1) is 12.7 Å². The van der Waals surface area contributed by atoms with Crippen molar-refractivity contribution < 1.29 is 9.53 Å². The molecule has 1 rings (SSSR count). The predicted molar refractivity (Wildman–Crippen MR) is 74.5 cm³/mol. The highest BCUT2D eigenvalue weighted by Crippen LogP contribution is 2.20. The summed E-state index contributed by atoms with van der Waals surface area (Å²) in [5.74, 6) is 1.13. The molecule has 1 amide bonds. The van der Waals surface area contributed by atoms with Crippen LogP contribution in [0.25, 0.3) is 0 Å². The number of carbonyl (C=O) groups is 1. The Bertz CT molecular complexity index is 418. The van der Waals surface area contributed by atoms with Gasteiger partial charge in [-0.3, -0.25) is 4.79 Å². The summed E-state index contributed by atoms with van der Waals surface area (Å²) in [5.41, 5.74) is 1.57. The van der Waals surface area contributed by atoms with Crippen LogP contribution in [0.4, 0.5) is 0 Å². The number of rotatable bonds is 5. The number of halogens is 1. The maximum atomic E-state index is 12.2. The van der Waals surface area contributed by atoms with E-state index in [-0.39, 0.29) is 11.9 Å². The molecule has 4 heteroatoms. The quantitative estimate of drug-likeness (QED) is 0.835. The molecular weight excluding hydrogens is 250 g/mol. The van der Waals surface area contributed by atoms with Gasteiger partial charge in [-0.1, -0.05) is 25.5 Å². The van der Waals surface area contributed by atoms with E-state index in [0.717, 1.165) is 5.56 Å². The summed E-state index contributed by atoms with van der Waals surface area (Å²) < 4.78 is 5.20. The van der Waals surface area contributed by atoms with Crippen LogP contribution in [0.1, 0.15) is 29.8 Å². The first-order chi connectivity index (χ1) is 8.49. The summed E-state index contributed by atoms with van der Waals surface area (Å²) in [6.45, 7) is 6.00. The number of aryl methyl sites for hydroxylation is 1. The molecule has 0 radical (unpaired) electrons. The Morgan fingerprint density at radius 3 is 2.61 bits per heavy atom. The van der Waals surface area contributed by atoms with Crippen LogP contribution in [-0.4, -0.2) is 24.9 Å². The highest BCUT2D eigenvalue weighted by atomic mass is 35.5. The van der Waals surface area contributed by atoms with Crippen LogP contribution in [0, 0.1) is 12.8 Å². The first-order valence-electron chi connectivity index (χ1n) is 6.01. The standard InChI is InChI=1S/C14H20ClNO2/c1-9(2)12(8-15)16-14(17)11-7-10(3)5-6-13(11)18-4/h5-7,9,12H,8H2,1-4H3,(H,16,17). The Labute approximate surface area is 113 Å². The Hall–Kier alpha value is -1.22. The van der Waals surface area contributed by atoms with E-state index in [9.17, 15) is 4.79 Å². The zero-order chi connectivity index (χ0) is 13.7. The smallest absolute Gasteiger partial charge is 0.255 e. The number of benzene rings is 1. The molecule has 0 aliphatic carbocycles. The molecule has 0 aliphatic rings. The van der Waals surface area contributed by atoms with Gasteiger partial charge in [0.25, 0.3) is 5.91 Å². The molecule has 1 N–H and O–H groups in total. The number of carbonyl (C=O) groups excluding carboxylic acids is 1. The van der Waals surface area contributed by atoms with Gasteiger partial charge in [-0.25, -0.2) is 0 Å². The SMILES string of the molecule is COc1ccc(C)cc1C(=O)NC(CCl)C(C)C. The molecule has 1 aromatic rings. The Balaban J connectivity index is 2.92. The molecule has 0 spiro atoms. The lowest BCUT2D eigenvalue weighted by atomic mass is 10.0. The van der Waals surface area contributed by atoms with Gasteiger partial charge in [0.2, 0.25) is 0 Å². The van der Waals surface area contributed by atoms with Gasteiger partial charge in [-0.15, -0.1) is 11.6 Å². The fraction of sp³-hybridized carbons (Fsp3) is 0.500. The molecule has 1 aromatic carbocycles. The number of ether oxygens (including phenoxy) is 1. The van der Waals surface area contributed by atoms with Crippen molar-refractivity contribution in [3.63, 3.8) is 0 Å². The maximum Gasteiger partial charge on any atom is 0.255 e. The van der Waals surface area contributed by atoms with E-state index >= 15 is 0 Å². The minimum atomic E-state index is -0.144. The zero-order valence-electron chi connectivity index (χ0n) is 11.3. The second kappa shape index (κ2) is 6.64. The Morgan fingerprint density at radius 1 is 1.44 bits per heavy atom.